The number of rotatable bonds is 1. The summed E-state index contributed by atoms with van der Waals surface area (Å²) >= 11 is 0. The predicted molar refractivity (Wildman–Crippen MR) is 75.8 cm³/mol. The lowest BCUT2D eigenvalue weighted by molar-refractivity contribution is -0.120. The van der Waals surface area contributed by atoms with E-state index in [0.29, 0.717) is 23.7 Å². The van der Waals surface area contributed by atoms with Gasteiger partial charge in [0.05, 0.1) is 0 Å². The summed E-state index contributed by atoms with van der Waals surface area (Å²) in [6.45, 7) is 0.841. The number of carbonyl (C=O) groups excluding carboxylic acids is 1. The van der Waals surface area contributed by atoms with Crippen molar-refractivity contribution in [2.75, 3.05) is 17.2 Å². The van der Waals surface area contributed by atoms with Crippen LogP contribution in [0.2, 0.25) is 0 Å². The zero-order chi connectivity index (χ0) is 13.0. The second-order valence-corrected chi connectivity index (χ2v) is 6.27. The van der Waals surface area contributed by atoms with E-state index < -0.39 is 0 Å². The van der Waals surface area contributed by atoms with Gasteiger partial charge >= 0.3 is 0 Å². The first-order valence-corrected chi connectivity index (χ1v) is 7.45. The Kier molecular flexibility index (Phi) is 2.38. The number of carbonyl (C=O) groups is 1. The molecule has 2 N–H and O–H groups in total. The molecule has 2 fully saturated rings. The predicted octanol–water partition coefficient (Wildman–Crippen LogP) is 2.59. The molecule has 1 aromatic rings. The molecule has 0 bridgehead atoms. The maximum atomic E-state index is 12.7. The van der Waals surface area contributed by atoms with E-state index in [1.807, 2.05) is 23.1 Å². The van der Waals surface area contributed by atoms with Gasteiger partial charge in [0.15, 0.2) is 0 Å². The lowest BCUT2D eigenvalue weighted by atomic mass is 10.0. The first-order valence-electron chi connectivity index (χ1n) is 7.45. The number of hydrogen-bond acceptors (Lipinski definition) is 2. The Bertz CT molecular complexity index is 528. The standard InChI is InChI=1S/C16H20N2O/c17-11-5-6-14-10(9-11)7-8-18(14)16(19)15-12-3-1-2-4-13(12)15/h5-6,9,12-13,15H,1-4,7-8,17H2. The molecule has 3 aliphatic rings. The van der Waals surface area contributed by atoms with Gasteiger partial charge in [-0.15, -0.1) is 0 Å². The average Bonchev–Trinajstić information content (AvgIpc) is 3.01. The molecule has 2 unspecified atom stereocenters. The molecule has 1 amide bonds. The Hall–Kier alpha value is -1.51. The van der Waals surface area contributed by atoms with Crippen LogP contribution in [0.5, 0.6) is 0 Å². The molecule has 0 spiro atoms. The Morgan fingerprint density at radius 3 is 2.68 bits per heavy atom. The van der Waals surface area contributed by atoms with Gasteiger partial charge in [0, 0.05) is 23.8 Å². The minimum atomic E-state index is 0.325. The van der Waals surface area contributed by atoms with E-state index >= 15 is 0 Å². The molecule has 1 aromatic carbocycles. The van der Waals surface area contributed by atoms with Crippen LogP contribution in [-0.2, 0) is 11.2 Å². The summed E-state index contributed by atoms with van der Waals surface area (Å²) in [5, 5.41) is 0. The van der Waals surface area contributed by atoms with Gasteiger partial charge in [0.1, 0.15) is 0 Å². The molecule has 0 aromatic heterocycles. The zero-order valence-corrected chi connectivity index (χ0v) is 11.1. The fourth-order valence-electron chi connectivity index (χ4n) is 4.19. The highest BCUT2D eigenvalue weighted by Crippen LogP contribution is 2.56. The summed E-state index contributed by atoms with van der Waals surface area (Å²) in [5.74, 6) is 2.09. The summed E-state index contributed by atoms with van der Waals surface area (Å²) in [4.78, 5) is 14.7. The molecule has 2 atom stereocenters. The molecule has 3 nitrogen and oxygen atoms in total. The highest BCUT2D eigenvalue weighted by Gasteiger charge is 2.56. The molecule has 4 rings (SSSR count). The summed E-state index contributed by atoms with van der Waals surface area (Å²) < 4.78 is 0. The number of nitrogens with zero attached hydrogens (tertiary/aromatic N) is 1. The van der Waals surface area contributed by atoms with Crippen LogP contribution in [0, 0.1) is 17.8 Å². The molecule has 2 saturated carbocycles. The lowest BCUT2D eigenvalue weighted by Crippen LogP contribution is -2.31. The Morgan fingerprint density at radius 2 is 1.95 bits per heavy atom. The maximum Gasteiger partial charge on any atom is 0.230 e. The van der Waals surface area contributed by atoms with Crippen molar-refractivity contribution in [3.05, 3.63) is 23.8 Å². The van der Waals surface area contributed by atoms with Crippen molar-refractivity contribution in [2.24, 2.45) is 17.8 Å². The van der Waals surface area contributed by atoms with Gasteiger partial charge in [-0.3, -0.25) is 4.79 Å². The molecular weight excluding hydrogens is 236 g/mol. The van der Waals surface area contributed by atoms with Crippen molar-refractivity contribution < 1.29 is 4.79 Å². The van der Waals surface area contributed by atoms with Crippen molar-refractivity contribution in [3.63, 3.8) is 0 Å². The van der Waals surface area contributed by atoms with E-state index in [1.54, 1.807) is 0 Å². The number of amides is 1. The average molecular weight is 256 g/mol. The Morgan fingerprint density at radius 1 is 1.21 bits per heavy atom. The molecule has 1 heterocycles. The zero-order valence-electron chi connectivity index (χ0n) is 11.1. The third-order valence-corrected chi connectivity index (χ3v) is 5.21. The second-order valence-electron chi connectivity index (χ2n) is 6.27. The molecular formula is C16H20N2O. The number of nitrogens with two attached hydrogens (primary N) is 1. The van der Waals surface area contributed by atoms with E-state index in [1.165, 1.54) is 31.2 Å². The number of hydrogen-bond donors (Lipinski definition) is 1. The van der Waals surface area contributed by atoms with Crippen LogP contribution in [0.1, 0.15) is 31.2 Å². The summed E-state index contributed by atoms with van der Waals surface area (Å²) in [6, 6.07) is 5.94. The first kappa shape index (κ1) is 11.3. The fraction of sp³-hybridized carbons (Fsp3) is 0.562. The van der Waals surface area contributed by atoms with Crippen LogP contribution >= 0.6 is 0 Å². The van der Waals surface area contributed by atoms with E-state index in [0.717, 1.165) is 24.3 Å². The third kappa shape index (κ3) is 1.67. The second kappa shape index (κ2) is 3.99. The van der Waals surface area contributed by atoms with E-state index in [4.69, 9.17) is 5.73 Å². The normalized spacial score (nSPS) is 31.8. The summed E-state index contributed by atoms with van der Waals surface area (Å²) in [7, 11) is 0. The van der Waals surface area contributed by atoms with E-state index in [9.17, 15) is 4.79 Å². The van der Waals surface area contributed by atoms with Crippen molar-refractivity contribution >= 4 is 17.3 Å². The number of nitrogen functional groups attached to an aromatic ring is 1. The molecule has 3 heteroatoms. The minimum Gasteiger partial charge on any atom is -0.399 e. The van der Waals surface area contributed by atoms with Gasteiger partial charge in [-0.1, -0.05) is 12.8 Å². The highest BCUT2D eigenvalue weighted by atomic mass is 16.2. The van der Waals surface area contributed by atoms with Crippen molar-refractivity contribution in [2.45, 2.75) is 32.1 Å². The minimum absolute atomic E-state index is 0.325. The molecule has 2 aliphatic carbocycles. The van der Waals surface area contributed by atoms with Gasteiger partial charge in [0.2, 0.25) is 5.91 Å². The van der Waals surface area contributed by atoms with Gasteiger partial charge in [-0.25, -0.2) is 0 Å². The Balaban J connectivity index is 1.57. The van der Waals surface area contributed by atoms with Crippen molar-refractivity contribution in [1.82, 2.24) is 0 Å². The molecule has 0 radical (unpaired) electrons. The number of anilines is 2. The highest BCUT2D eigenvalue weighted by molar-refractivity contribution is 5.99. The summed E-state index contributed by atoms with van der Waals surface area (Å²) in [5.41, 5.74) is 8.95. The monoisotopic (exact) mass is 256 g/mol. The largest absolute Gasteiger partial charge is 0.399 e. The molecule has 1 aliphatic heterocycles. The van der Waals surface area contributed by atoms with Crippen LogP contribution in [0.3, 0.4) is 0 Å². The first-order chi connectivity index (χ1) is 9.25. The lowest BCUT2D eigenvalue weighted by Gasteiger charge is -2.17. The molecule has 0 saturated heterocycles. The van der Waals surface area contributed by atoms with Gasteiger partial charge in [-0.2, -0.15) is 0 Å². The van der Waals surface area contributed by atoms with Gasteiger partial charge in [-0.05, 0) is 54.9 Å². The number of benzene rings is 1. The van der Waals surface area contributed by atoms with Gasteiger partial charge in [0.25, 0.3) is 0 Å². The van der Waals surface area contributed by atoms with Crippen LogP contribution in [-0.4, -0.2) is 12.5 Å². The van der Waals surface area contributed by atoms with Crippen LogP contribution in [0.15, 0.2) is 18.2 Å². The SMILES string of the molecule is Nc1ccc2c(c1)CCN2C(=O)C1C2CCCCC21. The quantitative estimate of drug-likeness (QED) is 0.785. The van der Waals surface area contributed by atoms with Crippen LogP contribution in [0.25, 0.3) is 0 Å². The van der Waals surface area contributed by atoms with Crippen molar-refractivity contribution in [1.29, 1.82) is 0 Å². The smallest absolute Gasteiger partial charge is 0.230 e. The fourth-order valence-corrected chi connectivity index (χ4v) is 4.19. The van der Waals surface area contributed by atoms with Crippen molar-refractivity contribution in [3.8, 4) is 0 Å². The van der Waals surface area contributed by atoms with E-state index in [-0.39, 0.29) is 0 Å². The maximum absolute atomic E-state index is 12.7. The van der Waals surface area contributed by atoms with E-state index in [2.05, 4.69) is 0 Å². The van der Waals surface area contributed by atoms with Crippen LogP contribution < -0.4 is 10.6 Å². The number of fused-ring (bicyclic) bond motifs is 2. The Labute approximate surface area is 113 Å². The summed E-state index contributed by atoms with van der Waals surface area (Å²) in [6.07, 6.45) is 6.12. The molecule has 100 valence electrons. The van der Waals surface area contributed by atoms with Gasteiger partial charge < -0.3 is 10.6 Å². The third-order valence-electron chi connectivity index (χ3n) is 5.21. The van der Waals surface area contributed by atoms with Crippen LogP contribution in [0.4, 0.5) is 11.4 Å². The molecule has 19 heavy (non-hydrogen) atoms. The topological polar surface area (TPSA) is 46.3 Å².